The number of fused-ring (bicyclic) bond motifs is 1. The van der Waals surface area contributed by atoms with Gasteiger partial charge in [0.2, 0.25) is 0 Å². The fourth-order valence-corrected chi connectivity index (χ4v) is 5.44. The summed E-state index contributed by atoms with van der Waals surface area (Å²) < 4.78 is 36.9. The molecule has 0 aliphatic heterocycles. The zero-order valence-corrected chi connectivity index (χ0v) is 21.9. The summed E-state index contributed by atoms with van der Waals surface area (Å²) in [5, 5.41) is 15.3. The van der Waals surface area contributed by atoms with Crippen LogP contribution in [0.3, 0.4) is 0 Å². The summed E-state index contributed by atoms with van der Waals surface area (Å²) in [7, 11) is 0. The van der Waals surface area contributed by atoms with E-state index in [0.29, 0.717) is 36.4 Å². The van der Waals surface area contributed by atoms with Crippen LogP contribution in [0.2, 0.25) is 0 Å². The van der Waals surface area contributed by atoms with Crippen molar-refractivity contribution in [2.24, 2.45) is 11.7 Å². The third-order valence-corrected chi connectivity index (χ3v) is 7.94. The Hall–Kier alpha value is -3.27. The highest BCUT2D eigenvalue weighted by Gasteiger charge is 2.42. The van der Waals surface area contributed by atoms with Crippen LogP contribution >= 0.6 is 0 Å². The van der Waals surface area contributed by atoms with Gasteiger partial charge in [-0.3, -0.25) is 4.98 Å². The van der Waals surface area contributed by atoms with Crippen molar-refractivity contribution >= 4 is 5.52 Å². The summed E-state index contributed by atoms with van der Waals surface area (Å²) in [6.07, 6.45) is 7.18. The Morgan fingerprint density at radius 3 is 2.63 bits per heavy atom. The molecule has 0 spiro atoms. The SMILES string of the molecule is CCOCc1cc(F)c(-c2ccc3cnc(Cc4cnccc4C4C[C@@H](N)[C@](C)(O)[C@@H](C)C4)n3n2)c(F)c1. The van der Waals surface area contributed by atoms with Gasteiger partial charge >= 0.3 is 0 Å². The monoisotopic (exact) mass is 521 g/mol. The minimum atomic E-state index is -0.908. The van der Waals surface area contributed by atoms with Gasteiger partial charge in [0.05, 0.1) is 35.2 Å². The average Bonchev–Trinajstić information content (AvgIpc) is 3.28. The summed E-state index contributed by atoms with van der Waals surface area (Å²) in [5.41, 5.74) is 8.68. The van der Waals surface area contributed by atoms with Crippen molar-refractivity contribution in [3.8, 4) is 11.3 Å². The third kappa shape index (κ3) is 4.93. The van der Waals surface area contributed by atoms with Gasteiger partial charge in [-0.25, -0.2) is 18.3 Å². The van der Waals surface area contributed by atoms with Crippen LogP contribution in [0.1, 0.15) is 62.0 Å². The van der Waals surface area contributed by atoms with Gasteiger partial charge in [-0.2, -0.15) is 5.10 Å². The number of nitrogens with zero attached hydrogens (tertiary/aromatic N) is 4. The number of hydrogen-bond donors (Lipinski definition) is 2. The smallest absolute Gasteiger partial charge is 0.135 e. The molecule has 4 atom stereocenters. The largest absolute Gasteiger partial charge is 0.388 e. The second-order valence-electron chi connectivity index (χ2n) is 10.5. The zero-order chi connectivity index (χ0) is 27.0. The highest BCUT2D eigenvalue weighted by Crippen LogP contribution is 2.42. The number of benzene rings is 1. The lowest BCUT2D eigenvalue weighted by atomic mass is 9.67. The van der Waals surface area contributed by atoms with E-state index < -0.39 is 17.2 Å². The van der Waals surface area contributed by atoms with Crippen LogP contribution in [-0.2, 0) is 17.8 Å². The lowest BCUT2D eigenvalue weighted by molar-refractivity contribution is -0.0464. The lowest BCUT2D eigenvalue weighted by Crippen LogP contribution is -2.54. The molecule has 0 amide bonds. The summed E-state index contributed by atoms with van der Waals surface area (Å²) in [6, 6.07) is 7.58. The van der Waals surface area contributed by atoms with Crippen LogP contribution in [-0.4, -0.2) is 42.9 Å². The van der Waals surface area contributed by atoms with Crippen LogP contribution in [0.4, 0.5) is 8.78 Å². The normalized spacial score (nSPS) is 23.7. The topological polar surface area (TPSA) is 98.6 Å². The van der Waals surface area contributed by atoms with Crippen LogP contribution in [0.5, 0.6) is 0 Å². The van der Waals surface area contributed by atoms with Crippen molar-refractivity contribution in [2.75, 3.05) is 6.61 Å². The van der Waals surface area contributed by atoms with Gasteiger partial charge in [0.15, 0.2) is 0 Å². The number of ether oxygens (including phenoxy) is 1. The Bertz CT molecular complexity index is 1420. The summed E-state index contributed by atoms with van der Waals surface area (Å²) in [5.74, 6) is -0.544. The maximum atomic E-state index is 15.0. The van der Waals surface area contributed by atoms with Crippen LogP contribution in [0, 0.1) is 17.6 Å². The van der Waals surface area contributed by atoms with Gasteiger partial charge in [0, 0.05) is 31.5 Å². The molecule has 9 heteroatoms. The van der Waals surface area contributed by atoms with Crippen LogP contribution in [0.15, 0.2) is 48.9 Å². The molecule has 4 aromatic rings. The van der Waals surface area contributed by atoms with Gasteiger partial charge in [-0.1, -0.05) is 6.92 Å². The molecule has 1 aliphatic carbocycles. The van der Waals surface area contributed by atoms with E-state index in [1.165, 1.54) is 12.1 Å². The number of imidazole rings is 1. The lowest BCUT2D eigenvalue weighted by Gasteiger charge is -2.44. The van der Waals surface area contributed by atoms with Gasteiger partial charge in [0.1, 0.15) is 17.5 Å². The molecule has 3 N–H and O–H groups in total. The molecule has 200 valence electrons. The molecule has 3 aromatic heterocycles. The van der Waals surface area contributed by atoms with Crippen LogP contribution in [0.25, 0.3) is 16.8 Å². The Morgan fingerprint density at radius 2 is 1.92 bits per heavy atom. The molecule has 0 radical (unpaired) electrons. The average molecular weight is 522 g/mol. The first kappa shape index (κ1) is 26.3. The van der Waals surface area contributed by atoms with Crippen LogP contribution < -0.4 is 5.73 Å². The van der Waals surface area contributed by atoms with Crippen molar-refractivity contribution in [2.45, 2.75) is 64.2 Å². The number of nitrogens with two attached hydrogens (primary N) is 1. The van der Waals surface area contributed by atoms with E-state index in [9.17, 15) is 13.9 Å². The molecular weight excluding hydrogens is 488 g/mol. The molecule has 1 aromatic carbocycles. The van der Waals surface area contributed by atoms with Gasteiger partial charge in [-0.15, -0.1) is 0 Å². The summed E-state index contributed by atoms with van der Waals surface area (Å²) in [6.45, 7) is 6.26. The first-order valence-corrected chi connectivity index (χ1v) is 13.0. The fraction of sp³-hybridized carbons (Fsp3) is 0.414. The molecule has 7 nitrogen and oxygen atoms in total. The molecule has 3 heterocycles. The van der Waals surface area contributed by atoms with Crippen molar-refractivity contribution in [3.05, 3.63) is 83.1 Å². The quantitative estimate of drug-likeness (QED) is 0.363. The molecule has 0 saturated heterocycles. The molecule has 1 aliphatic rings. The highest BCUT2D eigenvalue weighted by atomic mass is 19.1. The van der Waals surface area contributed by atoms with E-state index in [4.69, 9.17) is 10.5 Å². The summed E-state index contributed by atoms with van der Waals surface area (Å²) in [4.78, 5) is 8.90. The Balaban J connectivity index is 1.47. The van der Waals surface area contributed by atoms with E-state index in [1.807, 2.05) is 33.0 Å². The molecule has 5 rings (SSSR count). The van der Waals surface area contributed by atoms with Crippen molar-refractivity contribution in [1.82, 2.24) is 19.6 Å². The fourth-order valence-electron chi connectivity index (χ4n) is 5.44. The number of rotatable bonds is 7. The molecule has 1 saturated carbocycles. The highest BCUT2D eigenvalue weighted by molar-refractivity contribution is 5.63. The number of pyridine rings is 1. The Labute approximate surface area is 220 Å². The van der Waals surface area contributed by atoms with Crippen molar-refractivity contribution in [3.63, 3.8) is 0 Å². The van der Waals surface area contributed by atoms with E-state index in [1.54, 1.807) is 29.0 Å². The molecule has 1 unspecified atom stereocenters. The second kappa shape index (κ2) is 10.5. The zero-order valence-electron chi connectivity index (χ0n) is 21.9. The first-order chi connectivity index (χ1) is 18.2. The molecule has 0 bridgehead atoms. The van der Waals surface area contributed by atoms with Gasteiger partial charge < -0.3 is 15.6 Å². The first-order valence-electron chi connectivity index (χ1n) is 13.0. The number of aliphatic hydroxyl groups is 1. The van der Waals surface area contributed by atoms with E-state index >= 15 is 0 Å². The Morgan fingerprint density at radius 1 is 1.16 bits per heavy atom. The van der Waals surface area contributed by atoms with Crippen molar-refractivity contribution < 1.29 is 18.6 Å². The third-order valence-electron chi connectivity index (χ3n) is 7.94. The Kier molecular flexibility index (Phi) is 7.26. The predicted octanol–water partition coefficient (Wildman–Crippen LogP) is 4.79. The van der Waals surface area contributed by atoms with E-state index in [2.05, 4.69) is 15.1 Å². The molecular formula is C29H33F2N5O2. The minimum Gasteiger partial charge on any atom is -0.388 e. The number of halogens is 2. The standard InChI is InChI=1S/C29H33F2N5O2/c1-4-38-16-18-10-23(30)28(24(31)11-18)25-6-5-21-15-34-27(36(21)35-25)13-20-14-33-8-7-22(20)19-9-17(2)29(3,37)26(32)12-19/h5-8,10-11,14-15,17,19,26,37H,4,9,12-13,16,32H2,1-3H3/t17-,19?,26+,29+/m0/s1. The maximum absolute atomic E-state index is 15.0. The van der Waals surface area contributed by atoms with E-state index in [-0.39, 0.29) is 35.7 Å². The summed E-state index contributed by atoms with van der Waals surface area (Å²) >= 11 is 0. The maximum Gasteiger partial charge on any atom is 0.135 e. The number of hydrogen-bond acceptors (Lipinski definition) is 6. The minimum absolute atomic E-state index is 0.0402. The predicted molar refractivity (Wildman–Crippen MR) is 140 cm³/mol. The van der Waals surface area contributed by atoms with Gasteiger partial charge in [-0.05, 0) is 85.5 Å². The molecule has 38 heavy (non-hydrogen) atoms. The van der Waals surface area contributed by atoms with E-state index in [0.717, 1.165) is 17.5 Å². The second-order valence-corrected chi connectivity index (χ2v) is 10.5. The molecule has 1 fully saturated rings. The van der Waals surface area contributed by atoms with Gasteiger partial charge in [0.25, 0.3) is 0 Å². The van der Waals surface area contributed by atoms with Crippen molar-refractivity contribution in [1.29, 1.82) is 0 Å². The number of aromatic nitrogens is 4.